The third kappa shape index (κ3) is 7.36. The molecule has 2 amide bonds. The van der Waals surface area contributed by atoms with E-state index in [0.29, 0.717) is 45.5 Å². The number of hydrogen-bond acceptors (Lipinski definition) is 6. The summed E-state index contributed by atoms with van der Waals surface area (Å²) in [6, 6.07) is 36.5. The van der Waals surface area contributed by atoms with Crippen LogP contribution in [0.15, 0.2) is 133 Å². The number of anilines is 2. The van der Waals surface area contributed by atoms with Gasteiger partial charge in [-0.15, -0.1) is 0 Å². The van der Waals surface area contributed by atoms with E-state index in [2.05, 4.69) is 10.6 Å². The molecule has 0 fully saturated rings. The van der Waals surface area contributed by atoms with Crippen molar-refractivity contribution in [2.45, 2.75) is 13.2 Å². The Morgan fingerprint density at radius 2 is 0.783 bits per heavy atom. The summed E-state index contributed by atoms with van der Waals surface area (Å²) in [4.78, 5) is 26.8. The molecule has 6 rings (SSSR count). The first-order chi connectivity index (χ1) is 22.7. The fourth-order valence-corrected chi connectivity index (χ4v) is 4.89. The molecule has 1 heterocycles. The summed E-state index contributed by atoms with van der Waals surface area (Å²) in [5.41, 5.74) is 3.67. The highest BCUT2D eigenvalue weighted by Gasteiger charge is 2.17. The molecule has 5 aromatic rings. The fourth-order valence-electron chi connectivity index (χ4n) is 4.89. The summed E-state index contributed by atoms with van der Waals surface area (Å²) in [7, 11) is 0. The number of amides is 2. The van der Waals surface area contributed by atoms with Crippen LogP contribution in [-0.2, 0) is 13.2 Å². The number of benzene rings is 5. The lowest BCUT2D eigenvalue weighted by atomic mass is 10.1. The maximum Gasteiger partial charge on any atom is 0.259 e. The second-order valence-corrected chi connectivity index (χ2v) is 10.3. The Hall–Kier alpha value is -6.02. The van der Waals surface area contributed by atoms with E-state index in [1.807, 2.05) is 72.8 Å². The number of para-hydroxylation sites is 6. The van der Waals surface area contributed by atoms with Crippen molar-refractivity contribution in [1.29, 1.82) is 0 Å². The first kappa shape index (κ1) is 30.0. The van der Waals surface area contributed by atoms with E-state index < -0.39 is 0 Å². The highest BCUT2D eigenvalue weighted by Crippen LogP contribution is 2.30. The van der Waals surface area contributed by atoms with E-state index in [-0.39, 0.29) is 38.2 Å². The number of carbonyl (C=O) groups is 2. The molecule has 0 aromatic heterocycles. The van der Waals surface area contributed by atoms with Crippen molar-refractivity contribution in [3.63, 3.8) is 0 Å². The SMILES string of the molecule is O=C1Nc2ccccc2OCc2ccccc2COc2ccccc2NC(=O)c2ccccc2OC/C=C/COc2ccccc21. The second-order valence-electron chi connectivity index (χ2n) is 10.3. The number of carbonyl (C=O) groups excluding carboxylic acids is 2. The van der Waals surface area contributed by atoms with Crippen molar-refractivity contribution < 1.29 is 28.5 Å². The largest absolute Gasteiger partial charge is 0.489 e. The van der Waals surface area contributed by atoms with E-state index in [0.717, 1.165) is 11.1 Å². The van der Waals surface area contributed by atoms with Crippen LogP contribution < -0.4 is 29.6 Å². The van der Waals surface area contributed by atoms with Crippen molar-refractivity contribution >= 4 is 23.2 Å². The second kappa shape index (κ2) is 14.6. The Labute approximate surface area is 267 Å². The van der Waals surface area contributed by atoms with E-state index in [1.165, 1.54) is 0 Å². The van der Waals surface area contributed by atoms with Crippen molar-refractivity contribution in [2.75, 3.05) is 23.8 Å². The van der Waals surface area contributed by atoms with Crippen LogP contribution in [0.25, 0.3) is 0 Å². The van der Waals surface area contributed by atoms with Gasteiger partial charge in [0.2, 0.25) is 0 Å². The third-order valence-electron chi connectivity index (χ3n) is 7.26. The molecule has 0 radical (unpaired) electrons. The molecule has 1 aliphatic heterocycles. The molecule has 0 bridgehead atoms. The zero-order valence-corrected chi connectivity index (χ0v) is 25.0. The molecule has 8 heteroatoms. The van der Waals surface area contributed by atoms with Crippen molar-refractivity contribution in [1.82, 2.24) is 0 Å². The Morgan fingerprint density at radius 1 is 0.413 bits per heavy atom. The van der Waals surface area contributed by atoms with Gasteiger partial charge >= 0.3 is 0 Å². The van der Waals surface area contributed by atoms with Crippen LogP contribution in [0, 0.1) is 0 Å². The topological polar surface area (TPSA) is 95.1 Å². The average molecular weight is 613 g/mol. The number of ether oxygens (including phenoxy) is 4. The van der Waals surface area contributed by atoms with Gasteiger partial charge in [-0.2, -0.15) is 0 Å². The van der Waals surface area contributed by atoms with Crippen LogP contribution in [0.2, 0.25) is 0 Å². The predicted octanol–water partition coefficient (Wildman–Crippen LogP) is 7.68. The van der Waals surface area contributed by atoms with Gasteiger partial charge in [-0.1, -0.05) is 72.8 Å². The molecule has 230 valence electrons. The summed E-state index contributed by atoms with van der Waals surface area (Å²) in [5.74, 6) is 1.28. The Balaban J connectivity index is 1.30. The maximum absolute atomic E-state index is 13.4. The minimum absolute atomic E-state index is 0.214. The number of nitrogens with one attached hydrogen (secondary N) is 2. The molecule has 8 nitrogen and oxygen atoms in total. The van der Waals surface area contributed by atoms with Gasteiger partial charge in [0.25, 0.3) is 11.8 Å². The highest BCUT2D eigenvalue weighted by atomic mass is 16.5. The van der Waals surface area contributed by atoms with Crippen molar-refractivity contribution in [2.24, 2.45) is 0 Å². The van der Waals surface area contributed by atoms with Crippen LogP contribution in [-0.4, -0.2) is 25.0 Å². The van der Waals surface area contributed by atoms with Gasteiger partial charge in [-0.25, -0.2) is 0 Å². The smallest absolute Gasteiger partial charge is 0.259 e. The Kier molecular flexibility index (Phi) is 9.55. The molecule has 0 atom stereocenters. The quantitative estimate of drug-likeness (QED) is 0.174. The summed E-state index contributed by atoms with van der Waals surface area (Å²) < 4.78 is 24.3. The van der Waals surface area contributed by atoms with E-state index in [1.54, 1.807) is 60.7 Å². The number of hydrogen-bond donors (Lipinski definition) is 2. The van der Waals surface area contributed by atoms with Gasteiger partial charge in [0, 0.05) is 0 Å². The van der Waals surface area contributed by atoms with Gasteiger partial charge in [-0.05, 0) is 71.8 Å². The van der Waals surface area contributed by atoms with Crippen LogP contribution in [0.5, 0.6) is 23.0 Å². The van der Waals surface area contributed by atoms with Crippen LogP contribution >= 0.6 is 0 Å². The Bertz CT molecular complexity index is 1730. The Morgan fingerprint density at radius 3 is 1.24 bits per heavy atom. The van der Waals surface area contributed by atoms with Crippen LogP contribution in [0.1, 0.15) is 31.8 Å². The lowest BCUT2D eigenvalue weighted by molar-refractivity contribution is 0.101. The zero-order valence-electron chi connectivity index (χ0n) is 25.0. The van der Waals surface area contributed by atoms with Gasteiger partial charge in [0.15, 0.2) is 0 Å². The summed E-state index contributed by atoms with van der Waals surface area (Å²) in [5, 5.41) is 5.95. The van der Waals surface area contributed by atoms with E-state index >= 15 is 0 Å². The molecule has 5 aromatic carbocycles. The van der Waals surface area contributed by atoms with Crippen LogP contribution in [0.3, 0.4) is 0 Å². The monoisotopic (exact) mass is 612 g/mol. The molecular weight excluding hydrogens is 580 g/mol. The van der Waals surface area contributed by atoms with Gasteiger partial charge in [0.1, 0.15) is 49.4 Å². The molecule has 0 aliphatic carbocycles. The minimum atomic E-state index is -0.323. The lowest BCUT2D eigenvalue weighted by Gasteiger charge is -2.17. The molecule has 1 aliphatic rings. The molecule has 0 spiro atoms. The van der Waals surface area contributed by atoms with E-state index in [9.17, 15) is 9.59 Å². The summed E-state index contributed by atoms with van der Waals surface area (Å²) in [6.07, 6.45) is 3.59. The standard InChI is InChI=1S/C38H32N2O6/c41-37-29-15-3-7-19-33(29)43-23-11-12-24-44-34-20-8-4-16-30(34)38(42)40-32-18-6-10-22-36(32)46-26-28-14-2-1-13-27(28)25-45-35-21-9-5-17-31(35)39-37/h1-22H,23-26H2,(H,39,41)(H,40,42)/b12-11+. The van der Waals surface area contributed by atoms with E-state index in [4.69, 9.17) is 18.9 Å². The number of fused-ring (bicyclic) bond motifs is 5. The molecule has 0 unspecified atom stereocenters. The summed E-state index contributed by atoms with van der Waals surface area (Å²) >= 11 is 0. The average Bonchev–Trinajstić information content (AvgIpc) is 3.09. The molecule has 46 heavy (non-hydrogen) atoms. The predicted molar refractivity (Wildman–Crippen MR) is 177 cm³/mol. The van der Waals surface area contributed by atoms with Crippen molar-refractivity contribution in [3.05, 3.63) is 156 Å². The molecule has 2 N–H and O–H groups in total. The minimum Gasteiger partial charge on any atom is -0.489 e. The normalized spacial score (nSPS) is 14.6. The first-order valence-corrected chi connectivity index (χ1v) is 14.9. The summed E-state index contributed by atoms with van der Waals surface area (Å²) in [6.45, 7) is 0.915. The lowest BCUT2D eigenvalue weighted by Crippen LogP contribution is -2.15. The molecule has 0 saturated carbocycles. The third-order valence-corrected chi connectivity index (χ3v) is 7.26. The fraction of sp³-hybridized carbons (Fsp3) is 0.105. The van der Waals surface area contributed by atoms with Crippen molar-refractivity contribution in [3.8, 4) is 23.0 Å². The molecule has 0 saturated heterocycles. The first-order valence-electron chi connectivity index (χ1n) is 14.9. The highest BCUT2D eigenvalue weighted by molar-refractivity contribution is 6.07. The maximum atomic E-state index is 13.4. The van der Waals surface area contributed by atoms with Gasteiger partial charge in [0.05, 0.1) is 22.5 Å². The van der Waals surface area contributed by atoms with Crippen LogP contribution in [0.4, 0.5) is 11.4 Å². The zero-order chi connectivity index (χ0) is 31.6. The van der Waals surface area contributed by atoms with Gasteiger partial charge in [-0.3, -0.25) is 9.59 Å². The van der Waals surface area contributed by atoms with Gasteiger partial charge < -0.3 is 29.6 Å². The number of rotatable bonds is 0. The molecular formula is C38H32N2O6.